The van der Waals surface area contributed by atoms with Crippen LogP contribution in [-0.4, -0.2) is 38.3 Å². The van der Waals surface area contributed by atoms with Crippen LogP contribution < -0.4 is 30.6 Å². The largest absolute Gasteiger partial charge is 0.493 e. The van der Waals surface area contributed by atoms with Gasteiger partial charge in [-0.15, -0.1) is 0 Å². The summed E-state index contributed by atoms with van der Waals surface area (Å²) < 4.78 is 16.4. The predicted octanol–water partition coefficient (Wildman–Crippen LogP) is 3.04. The van der Waals surface area contributed by atoms with Crippen molar-refractivity contribution in [2.45, 2.75) is 12.6 Å². The zero-order chi connectivity index (χ0) is 24.7. The Balaban J connectivity index is 2.16. The summed E-state index contributed by atoms with van der Waals surface area (Å²) in [6, 6.07) is 19.2. The van der Waals surface area contributed by atoms with Crippen LogP contribution in [0.5, 0.6) is 17.2 Å². The second kappa shape index (κ2) is 11.0. The van der Waals surface area contributed by atoms with Crippen LogP contribution in [0.3, 0.4) is 0 Å². The topological polar surface area (TPSA) is 133 Å². The van der Waals surface area contributed by atoms with E-state index in [1.807, 2.05) is 35.2 Å². The molecule has 0 aliphatic rings. The highest BCUT2D eigenvalue weighted by Crippen LogP contribution is 2.41. The van der Waals surface area contributed by atoms with Crippen LogP contribution in [0.1, 0.15) is 22.7 Å². The first-order valence-electron chi connectivity index (χ1n) is 10.4. The highest BCUT2D eigenvalue weighted by Gasteiger charge is 2.29. The normalized spacial score (nSPS) is 12.0. The standard InChI is InChI=1S/C25H28N4O5/c1-32-20-13-18(14-21(33-2)23(20)34-3)22(25(27)30)29(15-16-7-5-4-6-8-16)19-11-9-17(10-12-19)24(26)28-31/h4-14,22,31H,15H2,1-3H3,(H2,26,28)(H2,27,30). The molecule has 0 fully saturated rings. The van der Waals surface area contributed by atoms with Crippen molar-refractivity contribution in [1.29, 1.82) is 0 Å². The van der Waals surface area contributed by atoms with Crippen molar-refractivity contribution in [1.82, 2.24) is 0 Å². The average molecular weight is 465 g/mol. The lowest BCUT2D eigenvalue weighted by Crippen LogP contribution is -2.37. The molecule has 0 heterocycles. The van der Waals surface area contributed by atoms with Gasteiger partial charge in [-0.25, -0.2) is 0 Å². The number of methoxy groups -OCH3 is 3. The van der Waals surface area contributed by atoms with E-state index in [1.54, 1.807) is 36.4 Å². The highest BCUT2D eigenvalue weighted by molar-refractivity contribution is 5.97. The number of anilines is 1. The van der Waals surface area contributed by atoms with Crippen molar-refractivity contribution in [3.8, 4) is 17.2 Å². The third kappa shape index (κ3) is 5.15. The molecule has 0 aliphatic heterocycles. The first kappa shape index (κ1) is 24.2. The van der Waals surface area contributed by atoms with Gasteiger partial charge < -0.3 is 35.8 Å². The number of ether oxygens (including phenoxy) is 3. The molecule has 1 amide bonds. The molecule has 3 aromatic rings. The van der Waals surface area contributed by atoms with E-state index < -0.39 is 11.9 Å². The summed E-state index contributed by atoms with van der Waals surface area (Å²) in [4.78, 5) is 14.7. The maximum absolute atomic E-state index is 12.9. The summed E-state index contributed by atoms with van der Waals surface area (Å²) in [7, 11) is 4.53. The molecule has 1 unspecified atom stereocenters. The molecule has 3 rings (SSSR count). The minimum absolute atomic E-state index is 0.0164. The second-order valence-electron chi connectivity index (χ2n) is 7.41. The van der Waals surface area contributed by atoms with Crippen LogP contribution >= 0.6 is 0 Å². The molecule has 0 aliphatic carbocycles. The first-order chi connectivity index (χ1) is 16.4. The van der Waals surface area contributed by atoms with Crippen LogP contribution in [-0.2, 0) is 11.3 Å². The number of hydrogen-bond donors (Lipinski definition) is 3. The summed E-state index contributed by atoms with van der Waals surface area (Å²) in [6.45, 7) is 0.383. The molecule has 34 heavy (non-hydrogen) atoms. The third-order valence-corrected chi connectivity index (χ3v) is 5.38. The third-order valence-electron chi connectivity index (χ3n) is 5.38. The molecular weight excluding hydrogens is 436 g/mol. The fourth-order valence-electron chi connectivity index (χ4n) is 3.75. The van der Waals surface area contributed by atoms with E-state index in [4.69, 9.17) is 30.9 Å². The molecule has 0 radical (unpaired) electrons. The molecule has 5 N–H and O–H groups in total. The van der Waals surface area contributed by atoms with E-state index in [9.17, 15) is 4.79 Å². The van der Waals surface area contributed by atoms with E-state index in [0.717, 1.165) is 5.56 Å². The Morgan fingerprint density at radius 3 is 2.00 bits per heavy atom. The van der Waals surface area contributed by atoms with Crippen LogP contribution in [0.25, 0.3) is 0 Å². The molecule has 9 heteroatoms. The average Bonchev–Trinajstić information content (AvgIpc) is 2.87. The van der Waals surface area contributed by atoms with E-state index in [0.29, 0.717) is 40.6 Å². The molecule has 9 nitrogen and oxygen atoms in total. The van der Waals surface area contributed by atoms with Crippen LogP contribution in [0.4, 0.5) is 5.69 Å². The number of carbonyl (C=O) groups excluding carboxylic acids is 1. The molecule has 0 bridgehead atoms. The Labute approximate surface area is 198 Å². The number of nitrogens with zero attached hydrogens (tertiary/aromatic N) is 2. The molecule has 0 spiro atoms. The molecule has 0 saturated heterocycles. The minimum atomic E-state index is -0.872. The summed E-state index contributed by atoms with van der Waals surface area (Å²) in [5.41, 5.74) is 14.4. The number of carbonyl (C=O) groups is 1. The van der Waals surface area contributed by atoms with Gasteiger partial charge in [-0.05, 0) is 47.5 Å². The SMILES string of the molecule is COc1cc(C(C(N)=O)N(Cc2ccccc2)c2ccc(/C(N)=N/O)cc2)cc(OC)c1OC. The van der Waals surface area contributed by atoms with Gasteiger partial charge >= 0.3 is 0 Å². The van der Waals surface area contributed by atoms with Gasteiger partial charge in [0.15, 0.2) is 17.3 Å². The number of amidine groups is 1. The Kier molecular flexibility index (Phi) is 7.81. The monoisotopic (exact) mass is 464 g/mol. The number of hydrogen-bond acceptors (Lipinski definition) is 7. The Morgan fingerprint density at radius 2 is 1.53 bits per heavy atom. The zero-order valence-electron chi connectivity index (χ0n) is 19.3. The lowest BCUT2D eigenvalue weighted by atomic mass is 10.0. The van der Waals surface area contributed by atoms with Gasteiger partial charge in [-0.3, -0.25) is 4.79 Å². The number of benzene rings is 3. The molecule has 1 atom stereocenters. The van der Waals surface area contributed by atoms with Crippen LogP contribution in [0, 0.1) is 0 Å². The summed E-state index contributed by atoms with van der Waals surface area (Å²) >= 11 is 0. The van der Waals surface area contributed by atoms with E-state index in [-0.39, 0.29) is 5.84 Å². The fraction of sp³-hybridized carbons (Fsp3) is 0.200. The van der Waals surface area contributed by atoms with Crippen LogP contribution in [0.15, 0.2) is 71.9 Å². The maximum Gasteiger partial charge on any atom is 0.244 e. The van der Waals surface area contributed by atoms with Gasteiger partial charge in [0.1, 0.15) is 6.04 Å². The summed E-state index contributed by atoms with van der Waals surface area (Å²) in [6.07, 6.45) is 0. The predicted molar refractivity (Wildman–Crippen MR) is 130 cm³/mol. The van der Waals surface area contributed by atoms with E-state index >= 15 is 0 Å². The van der Waals surface area contributed by atoms with Crippen molar-refractivity contribution in [3.63, 3.8) is 0 Å². The van der Waals surface area contributed by atoms with Gasteiger partial charge in [-0.1, -0.05) is 35.5 Å². The Hall–Kier alpha value is -4.40. The van der Waals surface area contributed by atoms with Crippen molar-refractivity contribution < 1.29 is 24.2 Å². The quantitative estimate of drug-likeness (QED) is 0.182. The highest BCUT2D eigenvalue weighted by atomic mass is 16.5. The molecule has 0 aromatic heterocycles. The Bertz CT molecular complexity index is 1120. The number of amides is 1. The first-order valence-corrected chi connectivity index (χ1v) is 10.4. The van der Waals surface area contributed by atoms with Crippen molar-refractivity contribution >= 4 is 17.4 Å². The zero-order valence-corrected chi connectivity index (χ0v) is 19.3. The molecule has 3 aromatic carbocycles. The fourth-order valence-corrected chi connectivity index (χ4v) is 3.75. The van der Waals surface area contributed by atoms with Gasteiger partial charge in [0.25, 0.3) is 0 Å². The van der Waals surface area contributed by atoms with Gasteiger partial charge in [0, 0.05) is 17.8 Å². The van der Waals surface area contributed by atoms with E-state index in [1.165, 1.54) is 21.3 Å². The number of oxime groups is 1. The molecular formula is C25H28N4O5. The lowest BCUT2D eigenvalue weighted by Gasteiger charge is -2.33. The van der Waals surface area contributed by atoms with Crippen molar-refractivity contribution in [2.75, 3.05) is 26.2 Å². The van der Waals surface area contributed by atoms with Crippen LogP contribution in [0.2, 0.25) is 0 Å². The number of rotatable bonds is 10. The summed E-state index contributed by atoms with van der Waals surface area (Å²) in [5, 5.41) is 12.0. The van der Waals surface area contributed by atoms with Crippen molar-refractivity contribution in [2.24, 2.45) is 16.6 Å². The Morgan fingerprint density at radius 1 is 0.941 bits per heavy atom. The number of nitrogens with two attached hydrogens (primary N) is 2. The smallest absolute Gasteiger partial charge is 0.244 e. The molecule has 178 valence electrons. The molecule has 0 saturated carbocycles. The van der Waals surface area contributed by atoms with Gasteiger partial charge in [0.2, 0.25) is 11.7 Å². The second-order valence-corrected chi connectivity index (χ2v) is 7.41. The van der Waals surface area contributed by atoms with Gasteiger partial charge in [-0.2, -0.15) is 0 Å². The van der Waals surface area contributed by atoms with Crippen molar-refractivity contribution in [3.05, 3.63) is 83.4 Å². The maximum atomic E-state index is 12.9. The number of primary amides is 1. The summed E-state index contributed by atoms with van der Waals surface area (Å²) in [5.74, 6) is 0.646. The van der Waals surface area contributed by atoms with E-state index in [2.05, 4.69) is 5.16 Å². The van der Waals surface area contributed by atoms with Gasteiger partial charge in [0.05, 0.1) is 21.3 Å². The minimum Gasteiger partial charge on any atom is -0.493 e. The lowest BCUT2D eigenvalue weighted by molar-refractivity contribution is -0.119.